The van der Waals surface area contributed by atoms with E-state index in [4.69, 9.17) is 0 Å². The summed E-state index contributed by atoms with van der Waals surface area (Å²) in [6.45, 7) is 10.5. The maximum atomic E-state index is 4.11. The molecule has 0 aliphatic heterocycles. The van der Waals surface area contributed by atoms with Crippen molar-refractivity contribution in [2.75, 3.05) is 25.0 Å². The Morgan fingerprint density at radius 3 is 0.966 bits per heavy atom. The molecule has 0 rings (SSSR count). The van der Waals surface area contributed by atoms with Crippen LogP contribution in [0.1, 0.15) is 143 Å². The Morgan fingerprint density at radius 1 is 0.414 bits per heavy atom. The van der Waals surface area contributed by atoms with Crippen molar-refractivity contribution >= 4 is 7.41 Å². The molecule has 3 N–H and O–H groups in total. The van der Waals surface area contributed by atoms with E-state index in [2.05, 4.69) is 32.8 Å². The van der Waals surface area contributed by atoms with Gasteiger partial charge < -0.3 is 5.48 Å². The first-order chi connectivity index (χ1) is 13.7. The van der Waals surface area contributed by atoms with Gasteiger partial charge in [-0.3, -0.25) is 0 Å². The van der Waals surface area contributed by atoms with E-state index in [1.54, 1.807) is 0 Å². The molecule has 29 heavy (non-hydrogen) atoms. The summed E-state index contributed by atoms with van der Waals surface area (Å²) in [6.07, 6.45) is 30.6. The minimum absolute atomic E-state index is 0. The Hall–Kier alpha value is 0.350. The smallest absolute Gasteiger partial charge is 0.0799 e. The van der Waals surface area contributed by atoms with Gasteiger partial charge in [-0.15, -0.1) is 0 Å². The standard InChI is InChI=1S/C26H57NP.H2O/c1-5-9-12-15-18-21-24-28(27-8-4,25-22-19-16-13-10-6-2)26-23-20-17-14-11-7-3;/h27H,5-26H2,1-4H3;1H2/q+1;. The second-order valence-corrected chi connectivity index (χ2v) is 13.1. The van der Waals surface area contributed by atoms with E-state index in [9.17, 15) is 0 Å². The summed E-state index contributed by atoms with van der Waals surface area (Å²) in [5.41, 5.74) is 0. The maximum absolute atomic E-state index is 4.11. The van der Waals surface area contributed by atoms with Crippen molar-refractivity contribution in [3.63, 3.8) is 0 Å². The number of rotatable bonds is 23. The summed E-state index contributed by atoms with van der Waals surface area (Å²) < 4.78 is 0. The van der Waals surface area contributed by atoms with Crippen LogP contribution in [0.4, 0.5) is 0 Å². The van der Waals surface area contributed by atoms with Crippen molar-refractivity contribution in [3.05, 3.63) is 0 Å². The van der Waals surface area contributed by atoms with E-state index in [1.807, 2.05) is 0 Å². The molecule has 178 valence electrons. The molecule has 0 amide bonds. The quantitative estimate of drug-likeness (QED) is 0.127. The molecule has 0 unspecified atom stereocenters. The molecule has 0 fully saturated rings. The summed E-state index contributed by atoms with van der Waals surface area (Å²) in [7, 11) is -0.913. The highest BCUT2D eigenvalue weighted by molar-refractivity contribution is 7.74. The Balaban J connectivity index is 0. The average molecular weight is 433 g/mol. The highest BCUT2D eigenvalue weighted by Gasteiger charge is 2.34. The van der Waals surface area contributed by atoms with Crippen molar-refractivity contribution in [3.8, 4) is 0 Å². The van der Waals surface area contributed by atoms with Crippen LogP contribution in [0, 0.1) is 0 Å². The van der Waals surface area contributed by atoms with E-state index in [0.29, 0.717) is 0 Å². The van der Waals surface area contributed by atoms with E-state index in [1.165, 1.54) is 141 Å². The summed E-state index contributed by atoms with van der Waals surface area (Å²) in [5.74, 6) is 0. The van der Waals surface area contributed by atoms with Crippen LogP contribution in [-0.2, 0) is 0 Å². The Labute approximate surface area is 186 Å². The first kappa shape index (κ1) is 31.5. The molecular formula is C26H59NOP+. The fraction of sp³-hybridized carbons (Fsp3) is 1.00. The topological polar surface area (TPSA) is 43.5 Å². The lowest BCUT2D eigenvalue weighted by Gasteiger charge is -2.28. The monoisotopic (exact) mass is 432 g/mol. The van der Waals surface area contributed by atoms with Crippen LogP contribution in [0.2, 0.25) is 0 Å². The predicted octanol–water partition coefficient (Wildman–Crippen LogP) is 8.79. The maximum Gasteiger partial charge on any atom is 0.0799 e. The van der Waals surface area contributed by atoms with Crippen LogP contribution >= 0.6 is 7.41 Å². The van der Waals surface area contributed by atoms with Crippen molar-refractivity contribution in [2.24, 2.45) is 0 Å². The van der Waals surface area contributed by atoms with Gasteiger partial charge >= 0.3 is 0 Å². The highest BCUT2D eigenvalue weighted by Crippen LogP contribution is 2.56. The molecule has 0 aromatic heterocycles. The molecule has 0 aromatic carbocycles. The largest absolute Gasteiger partial charge is 0.412 e. The number of hydrogen-bond acceptors (Lipinski definition) is 1. The third-order valence-electron chi connectivity index (χ3n) is 6.31. The van der Waals surface area contributed by atoms with E-state index in [0.717, 1.165) is 0 Å². The number of unbranched alkanes of at least 4 members (excludes halogenated alkanes) is 15. The van der Waals surface area contributed by atoms with Crippen molar-refractivity contribution in [1.29, 1.82) is 0 Å². The van der Waals surface area contributed by atoms with Crippen molar-refractivity contribution in [2.45, 2.75) is 143 Å². The zero-order valence-electron chi connectivity index (χ0n) is 21.0. The molecule has 3 heteroatoms. The minimum Gasteiger partial charge on any atom is -0.412 e. The van der Waals surface area contributed by atoms with Crippen LogP contribution in [0.25, 0.3) is 0 Å². The number of hydrogen-bond donors (Lipinski definition) is 1. The molecule has 0 saturated carbocycles. The van der Waals surface area contributed by atoms with Gasteiger partial charge in [-0.05, 0) is 45.4 Å². The van der Waals surface area contributed by atoms with Gasteiger partial charge in [0.15, 0.2) is 0 Å². The predicted molar refractivity (Wildman–Crippen MR) is 139 cm³/mol. The van der Waals surface area contributed by atoms with Gasteiger partial charge in [-0.1, -0.05) is 97.8 Å². The van der Waals surface area contributed by atoms with Gasteiger partial charge in [-0.2, -0.15) is 5.09 Å². The zero-order valence-corrected chi connectivity index (χ0v) is 21.9. The molecule has 0 aliphatic carbocycles. The molecule has 0 saturated heterocycles. The van der Waals surface area contributed by atoms with E-state index >= 15 is 0 Å². The van der Waals surface area contributed by atoms with Crippen LogP contribution < -0.4 is 5.09 Å². The lowest BCUT2D eigenvalue weighted by molar-refractivity contribution is 0.613. The van der Waals surface area contributed by atoms with Crippen molar-refractivity contribution < 1.29 is 5.48 Å². The lowest BCUT2D eigenvalue weighted by atomic mass is 10.1. The molecule has 0 spiro atoms. The Morgan fingerprint density at radius 2 is 0.690 bits per heavy atom. The van der Waals surface area contributed by atoms with Gasteiger partial charge in [-0.25, -0.2) is 0 Å². The average Bonchev–Trinajstić information content (AvgIpc) is 2.70. The first-order valence-corrected chi connectivity index (χ1v) is 15.7. The second kappa shape index (κ2) is 24.6. The van der Waals surface area contributed by atoms with Gasteiger partial charge in [0.05, 0.1) is 25.9 Å². The molecule has 2 nitrogen and oxygen atoms in total. The van der Waals surface area contributed by atoms with Gasteiger partial charge in [0, 0.05) is 6.54 Å². The van der Waals surface area contributed by atoms with Gasteiger partial charge in [0.25, 0.3) is 0 Å². The molecule has 0 radical (unpaired) electrons. The van der Waals surface area contributed by atoms with Crippen molar-refractivity contribution in [1.82, 2.24) is 5.09 Å². The summed E-state index contributed by atoms with van der Waals surface area (Å²) in [5, 5.41) is 4.11. The zero-order chi connectivity index (χ0) is 20.8. The first-order valence-electron chi connectivity index (χ1n) is 13.4. The van der Waals surface area contributed by atoms with Crippen LogP contribution in [0.15, 0.2) is 0 Å². The lowest BCUT2D eigenvalue weighted by Crippen LogP contribution is -2.24. The highest BCUT2D eigenvalue weighted by atomic mass is 31.2. The van der Waals surface area contributed by atoms with Crippen LogP contribution in [0.5, 0.6) is 0 Å². The number of nitrogens with one attached hydrogen (secondary N) is 1. The van der Waals surface area contributed by atoms with Gasteiger partial charge in [0.1, 0.15) is 0 Å². The van der Waals surface area contributed by atoms with Crippen LogP contribution in [-0.4, -0.2) is 30.5 Å². The fourth-order valence-corrected chi connectivity index (χ4v) is 8.80. The normalized spacial score (nSPS) is 11.6. The molecular weight excluding hydrogens is 373 g/mol. The summed E-state index contributed by atoms with van der Waals surface area (Å²) >= 11 is 0. The molecule has 0 aromatic rings. The summed E-state index contributed by atoms with van der Waals surface area (Å²) in [4.78, 5) is 0. The minimum atomic E-state index is -0.913. The molecule has 0 atom stereocenters. The Kier molecular flexibility index (Phi) is 26.8. The third-order valence-corrected chi connectivity index (χ3v) is 10.8. The van der Waals surface area contributed by atoms with Gasteiger partial charge in [0.2, 0.25) is 0 Å². The molecule has 0 bridgehead atoms. The molecule has 0 aliphatic rings. The SMILES string of the molecule is CCCCCCCC[P+](CCCCCCCC)(CCCCCCCC)NCC.O. The van der Waals surface area contributed by atoms with E-state index in [-0.39, 0.29) is 5.48 Å². The second-order valence-electron chi connectivity index (χ2n) is 9.13. The molecule has 0 heterocycles. The summed E-state index contributed by atoms with van der Waals surface area (Å²) in [6, 6.07) is 0. The van der Waals surface area contributed by atoms with E-state index < -0.39 is 7.41 Å². The fourth-order valence-electron chi connectivity index (χ4n) is 4.49. The Bertz CT molecular complexity index is 258. The van der Waals surface area contributed by atoms with Crippen LogP contribution in [0.3, 0.4) is 0 Å². The third kappa shape index (κ3) is 20.0.